The van der Waals surface area contributed by atoms with Crippen LogP contribution in [0.3, 0.4) is 0 Å². The first-order valence-corrected chi connectivity index (χ1v) is 7.22. The largest absolute Gasteiger partial charge is 0.296 e. The minimum atomic E-state index is -0.0863. The van der Waals surface area contributed by atoms with E-state index in [1.165, 1.54) is 5.56 Å². The molecular weight excluding hydrogens is 248 g/mol. The maximum absolute atomic E-state index is 12.2. The first-order chi connectivity index (χ1) is 9.45. The second kappa shape index (κ2) is 4.19. The number of benzene rings is 1. The van der Waals surface area contributed by atoms with Gasteiger partial charge in [0, 0.05) is 18.0 Å². The minimum Gasteiger partial charge on any atom is -0.296 e. The van der Waals surface area contributed by atoms with E-state index in [1.54, 1.807) is 6.92 Å². The molecule has 0 unspecified atom stereocenters. The van der Waals surface area contributed by atoms with Crippen molar-refractivity contribution in [3.63, 3.8) is 0 Å². The lowest BCUT2D eigenvalue weighted by Gasteiger charge is -2.43. The van der Waals surface area contributed by atoms with Gasteiger partial charge in [0.05, 0.1) is 6.17 Å². The number of fused-ring (bicyclic) bond motifs is 3. The zero-order chi connectivity index (χ0) is 14.5. The molecule has 0 aromatic heterocycles. The number of allylic oxidation sites excluding steroid dienone is 1. The van der Waals surface area contributed by atoms with E-state index in [-0.39, 0.29) is 22.9 Å². The maximum Gasteiger partial charge on any atom is 0.225 e. The average Bonchev–Trinajstić information content (AvgIpc) is 2.94. The van der Waals surface area contributed by atoms with Gasteiger partial charge in [-0.3, -0.25) is 15.0 Å². The fourth-order valence-corrected chi connectivity index (χ4v) is 4.07. The molecule has 1 N–H and O–H groups in total. The van der Waals surface area contributed by atoms with Crippen LogP contribution in [0, 0.1) is 5.41 Å². The van der Waals surface area contributed by atoms with Gasteiger partial charge >= 0.3 is 0 Å². The van der Waals surface area contributed by atoms with Crippen LogP contribution in [-0.4, -0.2) is 18.6 Å². The Morgan fingerprint density at radius 2 is 2.20 bits per heavy atom. The molecular formula is C17H22N2O. The zero-order valence-electron chi connectivity index (χ0n) is 12.4. The lowest BCUT2D eigenvalue weighted by atomic mass is 9.61. The summed E-state index contributed by atoms with van der Waals surface area (Å²) in [5, 5.41) is 3.54. The molecule has 106 valence electrons. The predicted octanol–water partition coefficient (Wildman–Crippen LogP) is 2.82. The van der Waals surface area contributed by atoms with E-state index < -0.39 is 0 Å². The van der Waals surface area contributed by atoms with Crippen molar-refractivity contribution in [2.24, 2.45) is 5.41 Å². The number of carbonyl (C=O) groups excluding carboxylic acids is 1. The molecule has 2 aliphatic rings. The molecule has 1 fully saturated rings. The van der Waals surface area contributed by atoms with Crippen LogP contribution >= 0.6 is 0 Å². The summed E-state index contributed by atoms with van der Waals surface area (Å²) in [6, 6.07) is 8.30. The normalized spacial score (nSPS) is 28.1. The van der Waals surface area contributed by atoms with Crippen molar-refractivity contribution in [2.75, 3.05) is 11.4 Å². The molecule has 2 atom stereocenters. The highest BCUT2D eigenvalue weighted by Crippen LogP contribution is 2.58. The highest BCUT2D eigenvalue weighted by atomic mass is 16.2. The molecule has 0 spiro atoms. The fraction of sp³-hybridized carbons (Fsp3) is 0.471. The maximum atomic E-state index is 12.2. The Bertz CT molecular complexity index is 578. The van der Waals surface area contributed by atoms with Crippen molar-refractivity contribution in [3.8, 4) is 0 Å². The summed E-state index contributed by atoms with van der Waals surface area (Å²) in [6.45, 7) is 11.1. The van der Waals surface area contributed by atoms with Crippen LogP contribution in [0.2, 0.25) is 0 Å². The standard InChI is InChI=1S/C17H22N2O/c1-5-16(3,4)17-10-11-18-15(17)19(12(2)20)14-9-7-6-8-13(14)17/h5-9,15,18H,1,10-11H2,2-4H3/t15-,17-/m0/s1. The number of amides is 1. The van der Waals surface area contributed by atoms with E-state index in [9.17, 15) is 4.79 Å². The lowest BCUT2D eigenvalue weighted by molar-refractivity contribution is -0.117. The Balaban J connectivity index is 2.29. The van der Waals surface area contributed by atoms with Gasteiger partial charge in [0.2, 0.25) is 5.91 Å². The number of nitrogens with zero attached hydrogens (tertiary/aromatic N) is 1. The van der Waals surface area contributed by atoms with Crippen LogP contribution in [0.4, 0.5) is 5.69 Å². The zero-order valence-corrected chi connectivity index (χ0v) is 12.4. The molecule has 1 aromatic carbocycles. The molecule has 0 radical (unpaired) electrons. The summed E-state index contributed by atoms with van der Waals surface area (Å²) in [4.78, 5) is 14.1. The number of nitrogens with one attached hydrogen (secondary N) is 1. The Kier molecular flexibility index (Phi) is 2.80. The third-order valence-electron chi connectivity index (χ3n) is 5.23. The van der Waals surface area contributed by atoms with Gasteiger partial charge in [-0.15, -0.1) is 6.58 Å². The Labute approximate surface area is 120 Å². The number of carbonyl (C=O) groups is 1. The lowest BCUT2D eigenvalue weighted by Crippen LogP contribution is -2.54. The smallest absolute Gasteiger partial charge is 0.225 e. The number of hydrogen-bond acceptors (Lipinski definition) is 2. The molecule has 2 heterocycles. The van der Waals surface area contributed by atoms with Crippen molar-refractivity contribution >= 4 is 11.6 Å². The Morgan fingerprint density at radius 1 is 1.50 bits per heavy atom. The van der Waals surface area contributed by atoms with Crippen molar-refractivity contribution in [1.82, 2.24) is 5.32 Å². The highest BCUT2D eigenvalue weighted by Gasteiger charge is 2.60. The first-order valence-electron chi connectivity index (χ1n) is 7.22. The summed E-state index contributed by atoms with van der Waals surface area (Å²) in [6.07, 6.45) is 3.09. The molecule has 3 heteroatoms. The van der Waals surface area contributed by atoms with E-state index in [0.29, 0.717) is 0 Å². The number of para-hydroxylation sites is 1. The van der Waals surface area contributed by atoms with Crippen molar-refractivity contribution in [3.05, 3.63) is 42.5 Å². The summed E-state index contributed by atoms with van der Waals surface area (Å²) in [7, 11) is 0. The van der Waals surface area contributed by atoms with Crippen molar-refractivity contribution in [2.45, 2.75) is 38.8 Å². The molecule has 20 heavy (non-hydrogen) atoms. The first kappa shape index (κ1) is 13.4. The van der Waals surface area contributed by atoms with Crippen LogP contribution < -0.4 is 10.2 Å². The Morgan fingerprint density at radius 3 is 2.85 bits per heavy atom. The summed E-state index contributed by atoms with van der Waals surface area (Å²) >= 11 is 0. The van der Waals surface area contributed by atoms with Gasteiger partial charge in [-0.1, -0.05) is 38.1 Å². The molecule has 2 aliphatic heterocycles. The van der Waals surface area contributed by atoms with Crippen LogP contribution in [0.25, 0.3) is 0 Å². The molecule has 0 saturated carbocycles. The second-order valence-electron chi connectivity index (χ2n) is 6.41. The fourth-order valence-electron chi connectivity index (χ4n) is 4.07. The summed E-state index contributed by atoms with van der Waals surface area (Å²) in [5.74, 6) is 0.0959. The van der Waals surface area contributed by atoms with Gasteiger partial charge in [-0.05, 0) is 30.0 Å². The van der Waals surface area contributed by atoms with Crippen LogP contribution in [0.1, 0.15) is 32.8 Å². The summed E-state index contributed by atoms with van der Waals surface area (Å²) in [5.41, 5.74) is 2.15. The van der Waals surface area contributed by atoms with Crippen LogP contribution in [-0.2, 0) is 10.2 Å². The molecule has 1 saturated heterocycles. The second-order valence-corrected chi connectivity index (χ2v) is 6.41. The number of anilines is 1. The van der Waals surface area contributed by atoms with Crippen molar-refractivity contribution in [1.29, 1.82) is 0 Å². The third kappa shape index (κ3) is 1.41. The quantitative estimate of drug-likeness (QED) is 0.838. The van der Waals surface area contributed by atoms with E-state index >= 15 is 0 Å². The van der Waals surface area contributed by atoms with Crippen LogP contribution in [0.5, 0.6) is 0 Å². The van der Waals surface area contributed by atoms with Gasteiger partial charge < -0.3 is 0 Å². The van der Waals surface area contributed by atoms with E-state index in [2.05, 4.69) is 43.9 Å². The van der Waals surface area contributed by atoms with Crippen LogP contribution in [0.15, 0.2) is 36.9 Å². The molecule has 0 aliphatic carbocycles. The molecule has 0 bridgehead atoms. The van der Waals surface area contributed by atoms with Gasteiger partial charge in [0.15, 0.2) is 0 Å². The highest BCUT2D eigenvalue weighted by molar-refractivity contribution is 5.96. The molecule has 1 aromatic rings. The van der Waals surface area contributed by atoms with Gasteiger partial charge in [0.1, 0.15) is 0 Å². The van der Waals surface area contributed by atoms with E-state index in [4.69, 9.17) is 0 Å². The molecule has 3 nitrogen and oxygen atoms in total. The predicted molar refractivity (Wildman–Crippen MR) is 81.7 cm³/mol. The minimum absolute atomic E-state index is 0.0328. The topological polar surface area (TPSA) is 32.3 Å². The molecule has 3 rings (SSSR count). The number of hydrogen-bond donors (Lipinski definition) is 1. The van der Waals surface area contributed by atoms with E-state index in [0.717, 1.165) is 18.7 Å². The van der Waals surface area contributed by atoms with Gasteiger partial charge in [0.25, 0.3) is 0 Å². The average molecular weight is 270 g/mol. The Hall–Kier alpha value is -1.61. The third-order valence-corrected chi connectivity index (χ3v) is 5.23. The molecule has 1 amide bonds. The monoisotopic (exact) mass is 270 g/mol. The SMILES string of the molecule is C=CC(C)(C)[C@]12CCN[C@H]1N(C(C)=O)c1ccccc12. The van der Waals surface area contributed by atoms with Gasteiger partial charge in [-0.25, -0.2) is 0 Å². The number of rotatable bonds is 2. The summed E-state index contributed by atoms with van der Waals surface area (Å²) < 4.78 is 0. The van der Waals surface area contributed by atoms with Crippen molar-refractivity contribution < 1.29 is 4.79 Å². The van der Waals surface area contributed by atoms with E-state index in [1.807, 2.05) is 17.0 Å². The van der Waals surface area contributed by atoms with Gasteiger partial charge in [-0.2, -0.15) is 0 Å².